The largest absolute Gasteiger partial charge is 0.491 e. The summed E-state index contributed by atoms with van der Waals surface area (Å²) >= 11 is 9.26. The summed E-state index contributed by atoms with van der Waals surface area (Å²) in [5.41, 5.74) is 1.13. The van der Waals surface area contributed by atoms with Gasteiger partial charge in [-0.1, -0.05) is 39.7 Å². The molecule has 0 amide bonds. The Morgan fingerprint density at radius 1 is 1.08 bits per heavy atom. The van der Waals surface area contributed by atoms with Crippen molar-refractivity contribution in [2.24, 2.45) is 0 Å². The van der Waals surface area contributed by atoms with Gasteiger partial charge in [0, 0.05) is 22.1 Å². The normalized spacial score (nSPS) is 13.4. The van der Waals surface area contributed by atoms with Gasteiger partial charge in [-0.15, -0.1) is 0 Å². The van der Waals surface area contributed by atoms with Crippen molar-refractivity contribution in [3.05, 3.63) is 63.6 Å². The Kier molecular flexibility index (Phi) is 8.72. The molecule has 25 heavy (non-hydrogen) atoms. The van der Waals surface area contributed by atoms with E-state index in [1.54, 1.807) is 0 Å². The zero-order valence-electron chi connectivity index (χ0n) is 14.1. The minimum absolute atomic E-state index is 0.132. The number of nitrogens with one attached hydrogen (secondary N) is 1. The van der Waals surface area contributed by atoms with Crippen LogP contribution in [0.1, 0.15) is 18.5 Å². The standard InChI is InChI=1S/C19H23BrClNO3/c1-14(15-2-6-17(21)7-3-15)22-12-18(23)13-24-10-11-25-19-8-4-16(20)5-9-19/h2-9,14,18,22-23H,10-13H2,1H3. The van der Waals surface area contributed by atoms with E-state index in [0.717, 1.165) is 20.8 Å². The third-order valence-electron chi connectivity index (χ3n) is 3.65. The van der Waals surface area contributed by atoms with Gasteiger partial charge >= 0.3 is 0 Å². The van der Waals surface area contributed by atoms with Gasteiger partial charge in [-0.3, -0.25) is 0 Å². The summed E-state index contributed by atoms with van der Waals surface area (Å²) in [6.45, 7) is 3.65. The van der Waals surface area contributed by atoms with Crippen LogP contribution < -0.4 is 10.1 Å². The molecule has 6 heteroatoms. The molecule has 2 rings (SSSR count). The van der Waals surface area contributed by atoms with Gasteiger partial charge in [-0.05, 0) is 48.9 Å². The molecule has 0 bridgehead atoms. The van der Waals surface area contributed by atoms with Crippen LogP contribution in [0, 0.1) is 0 Å². The summed E-state index contributed by atoms with van der Waals surface area (Å²) < 4.78 is 12.0. The lowest BCUT2D eigenvalue weighted by molar-refractivity contribution is 0.0242. The van der Waals surface area contributed by atoms with E-state index in [1.807, 2.05) is 55.5 Å². The summed E-state index contributed by atoms with van der Waals surface area (Å²) in [4.78, 5) is 0. The first-order valence-electron chi connectivity index (χ1n) is 8.17. The second kappa shape index (κ2) is 10.8. The Bertz CT molecular complexity index is 622. The molecule has 2 aromatic carbocycles. The molecular formula is C19H23BrClNO3. The lowest BCUT2D eigenvalue weighted by Crippen LogP contribution is -2.32. The zero-order chi connectivity index (χ0) is 18.1. The molecular weight excluding hydrogens is 406 g/mol. The Morgan fingerprint density at radius 3 is 2.44 bits per heavy atom. The smallest absolute Gasteiger partial charge is 0.119 e. The van der Waals surface area contributed by atoms with Gasteiger partial charge in [0.1, 0.15) is 12.4 Å². The molecule has 136 valence electrons. The number of aliphatic hydroxyl groups is 1. The van der Waals surface area contributed by atoms with E-state index < -0.39 is 6.10 Å². The van der Waals surface area contributed by atoms with Crippen LogP contribution in [0.2, 0.25) is 5.02 Å². The van der Waals surface area contributed by atoms with Crippen LogP contribution in [0.3, 0.4) is 0 Å². The highest BCUT2D eigenvalue weighted by molar-refractivity contribution is 9.10. The SMILES string of the molecule is CC(NCC(O)COCCOc1ccc(Br)cc1)c1ccc(Cl)cc1. The molecule has 2 unspecified atom stereocenters. The van der Waals surface area contributed by atoms with Crippen LogP contribution in [0.15, 0.2) is 53.0 Å². The molecule has 0 heterocycles. The monoisotopic (exact) mass is 427 g/mol. The second-order valence-electron chi connectivity index (χ2n) is 5.71. The topological polar surface area (TPSA) is 50.7 Å². The molecule has 0 aliphatic carbocycles. The molecule has 0 radical (unpaired) electrons. The zero-order valence-corrected chi connectivity index (χ0v) is 16.5. The van der Waals surface area contributed by atoms with Crippen LogP contribution in [-0.4, -0.2) is 37.6 Å². The third-order valence-corrected chi connectivity index (χ3v) is 4.43. The highest BCUT2D eigenvalue weighted by Crippen LogP contribution is 2.16. The van der Waals surface area contributed by atoms with Gasteiger partial charge in [0.2, 0.25) is 0 Å². The molecule has 0 aliphatic rings. The maximum absolute atomic E-state index is 9.98. The molecule has 2 N–H and O–H groups in total. The van der Waals surface area contributed by atoms with Gasteiger partial charge in [-0.2, -0.15) is 0 Å². The van der Waals surface area contributed by atoms with E-state index >= 15 is 0 Å². The van der Waals surface area contributed by atoms with Gasteiger partial charge in [-0.25, -0.2) is 0 Å². The highest BCUT2D eigenvalue weighted by atomic mass is 79.9. The third kappa shape index (κ3) is 7.75. The Balaban J connectivity index is 1.56. The van der Waals surface area contributed by atoms with E-state index in [1.165, 1.54) is 0 Å². The number of hydrogen-bond acceptors (Lipinski definition) is 4. The average Bonchev–Trinajstić information content (AvgIpc) is 2.61. The second-order valence-corrected chi connectivity index (χ2v) is 7.06. The molecule has 0 spiro atoms. The minimum atomic E-state index is -0.567. The van der Waals surface area contributed by atoms with Crippen molar-refractivity contribution in [2.75, 3.05) is 26.4 Å². The maximum atomic E-state index is 9.98. The average molecular weight is 429 g/mol. The maximum Gasteiger partial charge on any atom is 0.119 e. The molecule has 0 aromatic heterocycles. The molecule has 0 saturated heterocycles. The van der Waals surface area contributed by atoms with Crippen LogP contribution in [0.5, 0.6) is 5.75 Å². The van der Waals surface area contributed by atoms with Crippen molar-refractivity contribution in [3.63, 3.8) is 0 Å². The number of aliphatic hydroxyl groups excluding tert-OH is 1. The molecule has 4 nitrogen and oxygen atoms in total. The Hall–Kier alpha value is -1.11. The van der Waals surface area contributed by atoms with Crippen LogP contribution in [0.25, 0.3) is 0 Å². The fourth-order valence-electron chi connectivity index (χ4n) is 2.21. The first kappa shape index (κ1) is 20.2. The first-order chi connectivity index (χ1) is 12.0. The summed E-state index contributed by atoms with van der Waals surface area (Å²) in [6.07, 6.45) is -0.567. The fraction of sp³-hybridized carbons (Fsp3) is 0.368. The summed E-state index contributed by atoms with van der Waals surface area (Å²) in [5, 5.41) is 14.0. The highest BCUT2D eigenvalue weighted by Gasteiger charge is 2.09. The molecule has 0 fully saturated rings. The van der Waals surface area contributed by atoms with Crippen LogP contribution in [0.4, 0.5) is 0 Å². The first-order valence-corrected chi connectivity index (χ1v) is 9.34. The number of halogens is 2. The molecule has 2 aromatic rings. The van der Waals surface area contributed by atoms with Crippen molar-refractivity contribution in [3.8, 4) is 5.75 Å². The summed E-state index contributed by atoms with van der Waals surface area (Å²) in [7, 11) is 0. The number of hydrogen-bond donors (Lipinski definition) is 2. The van der Waals surface area contributed by atoms with Crippen LogP contribution >= 0.6 is 27.5 Å². The lowest BCUT2D eigenvalue weighted by atomic mass is 10.1. The van der Waals surface area contributed by atoms with Crippen molar-refractivity contribution in [2.45, 2.75) is 19.1 Å². The van der Waals surface area contributed by atoms with Crippen molar-refractivity contribution >= 4 is 27.5 Å². The van der Waals surface area contributed by atoms with E-state index in [2.05, 4.69) is 21.2 Å². The van der Waals surface area contributed by atoms with E-state index in [9.17, 15) is 5.11 Å². The van der Waals surface area contributed by atoms with E-state index in [0.29, 0.717) is 19.8 Å². The van der Waals surface area contributed by atoms with Crippen molar-refractivity contribution in [1.82, 2.24) is 5.32 Å². The number of benzene rings is 2. The molecule has 0 saturated carbocycles. The van der Waals surface area contributed by atoms with Crippen molar-refractivity contribution in [1.29, 1.82) is 0 Å². The lowest BCUT2D eigenvalue weighted by Gasteiger charge is -2.18. The quantitative estimate of drug-likeness (QED) is 0.557. The fourth-order valence-corrected chi connectivity index (χ4v) is 2.60. The summed E-state index contributed by atoms with van der Waals surface area (Å²) in [5.74, 6) is 0.797. The van der Waals surface area contributed by atoms with Crippen LogP contribution in [-0.2, 0) is 4.74 Å². The summed E-state index contributed by atoms with van der Waals surface area (Å²) in [6, 6.07) is 15.4. The van der Waals surface area contributed by atoms with Gasteiger partial charge in [0.25, 0.3) is 0 Å². The Labute approximate surface area is 162 Å². The molecule has 0 aliphatic heterocycles. The predicted octanol–water partition coefficient (Wildman–Crippen LogP) is 4.21. The Morgan fingerprint density at radius 2 is 1.76 bits per heavy atom. The van der Waals surface area contributed by atoms with Crippen molar-refractivity contribution < 1.29 is 14.6 Å². The number of rotatable bonds is 10. The minimum Gasteiger partial charge on any atom is -0.491 e. The van der Waals surface area contributed by atoms with Gasteiger partial charge < -0.3 is 19.9 Å². The molecule has 2 atom stereocenters. The van der Waals surface area contributed by atoms with E-state index in [-0.39, 0.29) is 12.6 Å². The van der Waals surface area contributed by atoms with E-state index in [4.69, 9.17) is 21.1 Å². The van der Waals surface area contributed by atoms with Gasteiger partial charge in [0.05, 0.1) is 19.3 Å². The predicted molar refractivity (Wildman–Crippen MR) is 104 cm³/mol. The number of ether oxygens (including phenoxy) is 2. The van der Waals surface area contributed by atoms with Gasteiger partial charge in [0.15, 0.2) is 0 Å².